The van der Waals surface area contributed by atoms with E-state index >= 15 is 0 Å². The van der Waals surface area contributed by atoms with Gasteiger partial charge in [0, 0.05) is 28.3 Å². The number of halogens is 1. The van der Waals surface area contributed by atoms with Crippen molar-refractivity contribution in [3.63, 3.8) is 0 Å². The summed E-state index contributed by atoms with van der Waals surface area (Å²) in [7, 11) is 0. The number of fused-ring (bicyclic) bond motifs is 2. The normalized spacial score (nSPS) is 21.7. The number of nitrogens with zero attached hydrogens (tertiary/aromatic N) is 1. The number of hydrogen-bond donors (Lipinski definition) is 0. The van der Waals surface area contributed by atoms with Crippen molar-refractivity contribution in [1.29, 1.82) is 0 Å². The summed E-state index contributed by atoms with van der Waals surface area (Å²) >= 11 is 0. The summed E-state index contributed by atoms with van der Waals surface area (Å²) < 4.78 is 13.4. The van der Waals surface area contributed by atoms with E-state index in [-0.39, 0.29) is 17.4 Å². The minimum atomic E-state index is -0.512. The van der Waals surface area contributed by atoms with Gasteiger partial charge in [0.2, 0.25) is 0 Å². The number of Topliss-reactive ketones (excluding diaryl/α,β-unsaturated/α-hetero) is 2. The fourth-order valence-corrected chi connectivity index (χ4v) is 3.91. The fourth-order valence-electron chi connectivity index (χ4n) is 3.91. The summed E-state index contributed by atoms with van der Waals surface area (Å²) in [4.78, 5) is 30.0. The second-order valence-electron chi connectivity index (χ2n) is 6.51. The fraction of sp³-hybridized carbons (Fsp3) is 0.190. The molecule has 4 rings (SSSR count). The van der Waals surface area contributed by atoms with Gasteiger partial charge < -0.3 is 0 Å². The van der Waals surface area contributed by atoms with E-state index < -0.39 is 11.8 Å². The lowest BCUT2D eigenvalue weighted by molar-refractivity contribution is -0.119. The van der Waals surface area contributed by atoms with Crippen molar-refractivity contribution in [2.45, 2.75) is 19.8 Å². The Morgan fingerprint density at radius 2 is 1.68 bits per heavy atom. The maximum atomic E-state index is 13.4. The molecule has 124 valence electrons. The average Bonchev–Trinajstić information content (AvgIpc) is 2.87. The van der Waals surface area contributed by atoms with Crippen molar-refractivity contribution in [2.75, 3.05) is 0 Å². The minimum absolute atomic E-state index is 0.0501. The van der Waals surface area contributed by atoms with Crippen LogP contribution in [0.3, 0.4) is 0 Å². The highest BCUT2D eigenvalue weighted by atomic mass is 19.1. The third-order valence-electron chi connectivity index (χ3n) is 4.98. The van der Waals surface area contributed by atoms with Gasteiger partial charge in [-0.1, -0.05) is 36.4 Å². The van der Waals surface area contributed by atoms with Crippen molar-refractivity contribution < 1.29 is 14.0 Å². The molecule has 4 heteroatoms. The predicted molar refractivity (Wildman–Crippen MR) is 94.1 cm³/mol. The lowest BCUT2D eigenvalue weighted by Crippen LogP contribution is -2.32. The Labute approximate surface area is 144 Å². The van der Waals surface area contributed by atoms with E-state index in [1.54, 1.807) is 18.2 Å². The third kappa shape index (κ3) is 2.29. The molecule has 1 unspecified atom stereocenters. The van der Waals surface area contributed by atoms with Gasteiger partial charge in [-0.15, -0.1) is 0 Å². The van der Waals surface area contributed by atoms with Crippen LogP contribution in [0.5, 0.6) is 0 Å². The van der Waals surface area contributed by atoms with Gasteiger partial charge >= 0.3 is 0 Å². The first kappa shape index (κ1) is 15.6. The van der Waals surface area contributed by atoms with Gasteiger partial charge in [-0.25, -0.2) is 4.39 Å². The van der Waals surface area contributed by atoms with Crippen LogP contribution in [0.25, 0.3) is 5.70 Å². The number of ketones is 2. The van der Waals surface area contributed by atoms with E-state index in [1.807, 2.05) is 25.1 Å². The maximum Gasteiger partial charge on any atom is 0.192 e. The van der Waals surface area contributed by atoms with Crippen molar-refractivity contribution in [1.82, 2.24) is 0 Å². The Balaban J connectivity index is 1.96. The van der Waals surface area contributed by atoms with Crippen LogP contribution in [0, 0.1) is 11.7 Å². The second kappa shape index (κ2) is 5.59. The Morgan fingerprint density at radius 1 is 1.04 bits per heavy atom. The number of rotatable bonds is 2. The van der Waals surface area contributed by atoms with Gasteiger partial charge in [-0.2, -0.15) is 0 Å². The lowest BCUT2D eigenvalue weighted by Gasteiger charge is -2.30. The largest absolute Gasteiger partial charge is 0.299 e. The monoisotopic (exact) mass is 333 g/mol. The van der Waals surface area contributed by atoms with Gasteiger partial charge in [-0.3, -0.25) is 14.6 Å². The zero-order valence-corrected chi connectivity index (χ0v) is 13.9. The number of carbonyl (C=O) groups is 2. The van der Waals surface area contributed by atoms with Crippen molar-refractivity contribution in [3.05, 3.63) is 76.6 Å². The molecule has 0 spiro atoms. The van der Waals surface area contributed by atoms with Crippen LogP contribution in [-0.2, 0) is 4.79 Å². The zero-order valence-electron chi connectivity index (χ0n) is 13.9. The summed E-state index contributed by atoms with van der Waals surface area (Å²) in [5.74, 6) is -1.44. The molecule has 2 aliphatic rings. The molecule has 0 aromatic heterocycles. The quantitative estimate of drug-likeness (QED) is 0.827. The standard InChI is InChI=1S/C21H16FNO2/c1-11-17(12(2)24)18(13-7-9-14(22)10-8-13)19-20(23-11)15-5-3-4-6-16(15)21(19)25/h3-10,17-18H,1-2H3/t17?,18-/m1/s1. The smallest absolute Gasteiger partial charge is 0.192 e. The molecular formula is C21H16FNO2. The Bertz CT molecular complexity index is 970. The van der Waals surface area contributed by atoms with Crippen LogP contribution in [0.15, 0.2) is 59.1 Å². The highest BCUT2D eigenvalue weighted by Gasteiger charge is 2.44. The van der Waals surface area contributed by atoms with Crippen molar-refractivity contribution >= 4 is 23.0 Å². The van der Waals surface area contributed by atoms with Crippen LogP contribution in [0.4, 0.5) is 4.39 Å². The molecule has 2 aromatic rings. The van der Waals surface area contributed by atoms with Crippen molar-refractivity contribution in [3.8, 4) is 0 Å². The Kier molecular flexibility index (Phi) is 3.49. The molecule has 0 saturated carbocycles. The summed E-state index contributed by atoms with van der Waals surface area (Å²) in [6.45, 7) is 3.33. The van der Waals surface area contributed by atoms with E-state index in [0.717, 1.165) is 11.1 Å². The van der Waals surface area contributed by atoms with Gasteiger partial charge in [0.15, 0.2) is 5.78 Å². The molecule has 0 saturated heterocycles. The van der Waals surface area contributed by atoms with E-state index in [9.17, 15) is 14.0 Å². The topological polar surface area (TPSA) is 46.5 Å². The molecule has 1 heterocycles. The van der Waals surface area contributed by atoms with E-state index in [2.05, 4.69) is 4.99 Å². The number of allylic oxidation sites excluding steroid dienone is 1. The number of carbonyl (C=O) groups excluding carboxylic acids is 2. The minimum Gasteiger partial charge on any atom is -0.299 e. The second-order valence-corrected chi connectivity index (χ2v) is 6.51. The van der Waals surface area contributed by atoms with Crippen LogP contribution in [-0.4, -0.2) is 17.3 Å². The van der Waals surface area contributed by atoms with Crippen LogP contribution < -0.4 is 0 Å². The number of aliphatic imine (C=N–C) groups is 1. The molecule has 0 N–H and O–H groups in total. The third-order valence-corrected chi connectivity index (χ3v) is 4.98. The molecule has 3 nitrogen and oxygen atoms in total. The molecule has 2 aromatic carbocycles. The van der Waals surface area contributed by atoms with Gasteiger partial charge in [0.25, 0.3) is 0 Å². The molecule has 0 bridgehead atoms. The number of hydrogen-bond acceptors (Lipinski definition) is 3. The highest BCUT2D eigenvalue weighted by molar-refractivity contribution is 6.25. The molecule has 25 heavy (non-hydrogen) atoms. The highest BCUT2D eigenvalue weighted by Crippen LogP contribution is 2.47. The number of benzene rings is 2. The summed E-state index contributed by atoms with van der Waals surface area (Å²) in [5.41, 5.74) is 4.04. The van der Waals surface area contributed by atoms with Crippen molar-refractivity contribution in [2.24, 2.45) is 10.9 Å². The van der Waals surface area contributed by atoms with Gasteiger partial charge in [-0.05, 0) is 31.5 Å². The molecule has 0 fully saturated rings. The lowest BCUT2D eigenvalue weighted by atomic mass is 9.73. The molecule has 1 aliphatic carbocycles. The van der Waals surface area contributed by atoms with Gasteiger partial charge in [0.05, 0.1) is 11.6 Å². The van der Waals surface area contributed by atoms with E-state index in [4.69, 9.17) is 0 Å². The molecule has 1 aliphatic heterocycles. The molecule has 2 atom stereocenters. The van der Waals surface area contributed by atoms with E-state index in [0.29, 0.717) is 22.5 Å². The van der Waals surface area contributed by atoms with Crippen LogP contribution in [0.1, 0.15) is 41.3 Å². The summed E-state index contributed by atoms with van der Waals surface area (Å²) in [6, 6.07) is 13.4. The summed E-state index contributed by atoms with van der Waals surface area (Å²) in [6.07, 6.45) is 0. The molecule has 0 radical (unpaired) electrons. The Hall–Kier alpha value is -2.88. The molecule has 0 amide bonds. The first-order valence-corrected chi connectivity index (χ1v) is 8.18. The first-order valence-electron chi connectivity index (χ1n) is 8.18. The van der Waals surface area contributed by atoms with E-state index in [1.165, 1.54) is 19.1 Å². The summed E-state index contributed by atoms with van der Waals surface area (Å²) in [5, 5.41) is 0. The first-order chi connectivity index (χ1) is 12.0. The van der Waals surface area contributed by atoms with Crippen LogP contribution in [0.2, 0.25) is 0 Å². The van der Waals surface area contributed by atoms with Crippen LogP contribution >= 0.6 is 0 Å². The SMILES string of the molecule is CC(=O)C1C(C)=NC2=C(C(=O)c3ccccc32)[C@@H]1c1ccc(F)cc1. The average molecular weight is 333 g/mol. The zero-order chi connectivity index (χ0) is 17.7. The van der Waals surface area contributed by atoms with Gasteiger partial charge in [0.1, 0.15) is 11.6 Å². The predicted octanol–water partition coefficient (Wildman–Crippen LogP) is 4.20. The Morgan fingerprint density at radius 3 is 2.32 bits per heavy atom. The maximum absolute atomic E-state index is 13.4. The molecular weight excluding hydrogens is 317 g/mol.